The molecule has 0 spiro atoms. The molecule has 3 aliphatic carbocycles. The number of amides is 2. The zero-order chi connectivity index (χ0) is 41.2. The second-order valence-electron chi connectivity index (χ2n) is 17.3. The van der Waals surface area contributed by atoms with E-state index in [2.05, 4.69) is 36.4 Å². The third-order valence-electron chi connectivity index (χ3n) is 12.9. The molecule has 5 N–H and O–H groups in total. The van der Waals surface area contributed by atoms with Crippen molar-refractivity contribution in [3.8, 4) is 16.9 Å². The second kappa shape index (κ2) is 17.8. The summed E-state index contributed by atoms with van der Waals surface area (Å²) in [4.78, 5) is 42.6. The number of nitrogens with one attached hydrogen (secondary N) is 2. The minimum Gasteiger partial charge on any atom is -0.496 e. The largest absolute Gasteiger partial charge is 0.496 e. The van der Waals surface area contributed by atoms with E-state index in [1.807, 2.05) is 85.5 Å². The molecule has 2 amide bonds. The fourth-order valence-corrected chi connectivity index (χ4v) is 9.56. The molecule has 4 fully saturated rings. The van der Waals surface area contributed by atoms with Gasteiger partial charge in [0.1, 0.15) is 11.8 Å². The molecule has 2 bridgehead atoms. The zero-order valence-corrected chi connectivity index (χ0v) is 34.7. The molecule has 1 saturated heterocycles. The standard InChI is InChI=1S/C44H62N6O7/c1-26-36-21-31(44(36,3)4)22-37(26)47-42(54)39-38(27(2)52)43(55)57-50(39)24-28-12-11-14-35(40(28)56-8)29-18-30(20-34(19-29)49(7)16-17-51)41(53)46-33(25-48(5)6)23-32-13-9-10-15-45-32/h9-15,18-20,26-27,31,33,36-39,43,51-52,55H,16-17,21-25H2,1-8H3,(H,46,53)(H,47,54)/t26-,27-,31+,33-,36?,37-,38-,39-,43?/m0/s1. The van der Waals surface area contributed by atoms with Crippen LogP contribution in [0.25, 0.3) is 11.1 Å². The Balaban J connectivity index is 1.29. The number of methoxy groups -OCH3 is 1. The Bertz CT molecular complexity index is 1860. The smallest absolute Gasteiger partial charge is 0.251 e. The third-order valence-corrected chi connectivity index (χ3v) is 12.9. The number of nitrogens with zero attached hydrogens (tertiary/aromatic N) is 4. The van der Waals surface area contributed by atoms with Gasteiger partial charge < -0.3 is 40.5 Å². The molecule has 0 radical (unpaired) electrons. The van der Waals surface area contributed by atoms with Crippen molar-refractivity contribution < 1.29 is 34.5 Å². The number of fused-ring (bicyclic) bond motifs is 2. The van der Waals surface area contributed by atoms with E-state index in [0.717, 1.165) is 17.8 Å². The summed E-state index contributed by atoms with van der Waals surface area (Å²) in [6.07, 6.45) is 1.97. The number of hydroxylamine groups is 2. The number of pyridine rings is 1. The van der Waals surface area contributed by atoms with E-state index in [-0.39, 0.29) is 42.5 Å². The van der Waals surface area contributed by atoms with Crippen LogP contribution in [0.5, 0.6) is 5.75 Å². The predicted octanol–water partition coefficient (Wildman–Crippen LogP) is 3.71. The molecule has 57 heavy (non-hydrogen) atoms. The number of anilines is 1. The van der Waals surface area contributed by atoms with E-state index < -0.39 is 24.4 Å². The van der Waals surface area contributed by atoms with Gasteiger partial charge in [0.05, 0.1) is 32.3 Å². The first-order valence-electron chi connectivity index (χ1n) is 20.2. The second-order valence-corrected chi connectivity index (χ2v) is 17.3. The van der Waals surface area contributed by atoms with E-state index in [1.54, 1.807) is 20.2 Å². The van der Waals surface area contributed by atoms with Gasteiger partial charge in [-0.15, -0.1) is 0 Å². The van der Waals surface area contributed by atoms with Gasteiger partial charge in [-0.05, 0) is 92.9 Å². The Morgan fingerprint density at radius 2 is 1.88 bits per heavy atom. The summed E-state index contributed by atoms with van der Waals surface area (Å²) < 4.78 is 6.07. The molecule has 1 aromatic heterocycles. The van der Waals surface area contributed by atoms with Crippen molar-refractivity contribution in [2.45, 2.75) is 84.0 Å². The van der Waals surface area contributed by atoms with E-state index >= 15 is 0 Å². The third kappa shape index (κ3) is 9.14. The molecule has 2 unspecified atom stereocenters. The maximum absolute atomic E-state index is 14.2. The van der Waals surface area contributed by atoms with Gasteiger partial charge in [-0.2, -0.15) is 5.06 Å². The first kappa shape index (κ1) is 42.5. The highest BCUT2D eigenvalue weighted by molar-refractivity contribution is 5.97. The first-order chi connectivity index (χ1) is 27.1. The summed E-state index contributed by atoms with van der Waals surface area (Å²) in [7, 11) is 7.36. The van der Waals surface area contributed by atoms with Gasteiger partial charge >= 0.3 is 0 Å². The Morgan fingerprint density at radius 1 is 1.11 bits per heavy atom. The molecule has 3 aromatic rings. The fourth-order valence-electron chi connectivity index (χ4n) is 9.56. The summed E-state index contributed by atoms with van der Waals surface area (Å²) >= 11 is 0. The SMILES string of the molecule is COc1c(CN2OC(O)[C@@H]([C@H](C)O)[C@H]2C(=O)N[C@H]2C[C@H]3CC([C@@H]2C)C3(C)C)cccc1-c1cc(C(=O)N[C@@H](Cc2ccccn2)CN(C)C)cc(N(C)CCO)c1. The van der Waals surface area contributed by atoms with Crippen LogP contribution in [0.1, 0.15) is 62.2 Å². The highest BCUT2D eigenvalue weighted by Gasteiger charge is 2.57. The lowest BCUT2D eigenvalue weighted by Crippen LogP contribution is -2.62. The molecule has 3 saturated carbocycles. The molecule has 2 aromatic carbocycles. The van der Waals surface area contributed by atoms with Gasteiger partial charge in [-0.25, -0.2) is 0 Å². The molecule has 9 atom stereocenters. The lowest BCUT2D eigenvalue weighted by atomic mass is 9.45. The topological polar surface area (TPSA) is 160 Å². The molecule has 13 heteroatoms. The van der Waals surface area contributed by atoms with Crippen molar-refractivity contribution >= 4 is 17.5 Å². The van der Waals surface area contributed by atoms with Crippen LogP contribution in [0.3, 0.4) is 0 Å². The maximum atomic E-state index is 14.2. The number of rotatable bonds is 16. The van der Waals surface area contributed by atoms with Gasteiger partial charge in [0.2, 0.25) is 5.91 Å². The van der Waals surface area contributed by atoms with Crippen LogP contribution < -0.4 is 20.3 Å². The Morgan fingerprint density at radius 3 is 2.51 bits per heavy atom. The number of aliphatic hydroxyl groups is 3. The molecular weight excluding hydrogens is 725 g/mol. The first-order valence-corrected chi connectivity index (χ1v) is 20.2. The molecule has 4 aliphatic rings. The fraction of sp³-hybridized carbons (Fsp3) is 0.568. The van der Waals surface area contributed by atoms with Crippen molar-refractivity contribution in [1.29, 1.82) is 0 Å². The van der Waals surface area contributed by atoms with Crippen molar-refractivity contribution in [2.75, 3.05) is 52.8 Å². The van der Waals surface area contributed by atoms with Gasteiger partial charge in [0.15, 0.2) is 6.29 Å². The van der Waals surface area contributed by atoms with Gasteiger partial charge in [0, 0.05) is 72.9 Å². The number of carbonyl (C=O) groups excluding carboxylic acids is 2. The average Bonchev–Trinajstić information content (AvgIpc) is 3.50. The summed E-state index contributed by atoms with van der Waals surface area (Å²) in [5.74, 6) is 0.473. The van der Waals surface area contributed by atoms with E-state index in [1.165, 1.54) is 11.5 Å². The Kier molecular flexibility index (Phi) is 13.3. The number of hydrogen-bond donors (Lipinski definition) is 5. The average molecular weight is 787 g/mol. The maximum Gasteiger partial charge on any atom is 0.251 e. The van der Waals surface area contributed by atoms with Crippen LogP contribution in [0, 0.1) is 29.1 Å². The highest BCUT2D eigenvalue weighted by atomic mass is 16.8. The number of aliphatic hydroxyl groups excluding tert-OH is 3. The van der Waals surface area contributed by atoms with Crippen molar-refractivity contribution in [3.63, 3.8) is 0 Å². The van der Waals surface area contributed by atoms with Crippen LogP contribution in [0.4, 0.5) is 5.69 Å². The van der Waals surface area contributed by atoms with Crippen molar-refractivity contribution in [2.24, 2.45) is 29.1 Å². The minimum absolute atomic E-state index is 0.00261. The minimum atomic E-state index is -1.39. The molecule has 13 nitrogen and oxygen atoms in total. The Labute approximate surface area is 337 Å². The van der Waals surface area contributed by atoms with Gasteiger partial charge in [-0.3, -0.25) is 19.4 Å². The van der Waals surface area contributed by atoms with Crippen LogP contribution in [-0.4, -0.2) is 121 Å². The summed E-state index contributed by atoms with van der Waals surface area (Å²) in [5, 5.41) is 39.7. The quantitative estimate of drug-likeness (QED) is 0.144. The lowest BCUT2D eigenvalue weighted by molar-refractivity contribution is -0.231. The number of para-hydroxylation sites is 1. The normalized spacial score (nSPS) is 26.4. The summed E-state index contributed by atoms with van der Waals surface area (Å²) in [6, 6.07) is 15.8. The van der Waals surface area contributed by atoms with Crippen molar-refractivity contribution in [1.82, 2.24) is 25.6 Å². The van der Waals surface area contributed by atoms with Crippen LogP contribution in [0.2, 0.25) is 0 Å². The Hall–Kier alpha value is -4.11. The summed E-state index contributed by atoms with van der Waals surface area (Å²) in [5.41, 5.74) is 4.39. The monoisotopic (exact) mass is 786 g/mol. The molecule has 310 valence electrons. The van der Waals surface area contributed by atoms with E-state index in [9.17, 15) is 24.9 Å². The summed E-state index contributed by atoms with van der Waals surface area (Å²) in [6.45, 7) is 9.38. The van der Waals surface area contributed by atoms with Crippen molar-refractivity contribution in [3.05, 3.63) is 77.6 Å². The van der Waals surface area contributed by atoms with Crippen LogP contribution >= 0.6 is 0 Å². The highest BCUT2D eigenvalue weighted by Crippen LogP contribution is 2.61. The molecule has 2 heterocycles. The zero-order valence-electron chi connectivity index (χ0n) is 34.7. The number of benzene rings is 2. The number of aromatic nitrogens is 1. The number of hydrogen-bond acceptors (Lipinski definition) is 11. The van der Waals surface area contributed by atoms with Gasteiger partial charge in [-0.1, -0.05) is 45.0 Å². The van der Waals surface area contributed by atoms with E-state index in [4.69, 9.17) is 9.57 Å². The van der Waals surface area contributed by atoms with Crippen LogP contribution in [0.15, 0.2) is 60.8 Å². The predicted molar refractivity (Wildman–Crippen MR) is 219 cm³/mol. The molecular formula is C44H62N6O7. The lowest BCUT2D eigenvalue weighted by Gasteiger charge is -2.62. The molecule has 1 aliphatic heterocycles. The number of likely N-dealkylation sites (N-methyl/N-ethyl adjacent to an activating group) is 2. The van der Waals surface area contributed by atoms with E-state index in [0.29, 0.717) is 65.3 Å². The molecule has 7 rings (SSSR count). The van der Waals surface area contributed by atoms with Crippen LogP contribution in [-0.2, 0) is 22.6 Å². The number of carbonyl (C=O) groups is 2. The van der Waals surface area contributed by atoms with Gasteiger partial charge in [0.25, 0.3) is 5.91 Å². The number of ether oxygens (including phenoxy) is 1.